The second kappa shape index (κ2) is 7.27. The Labute approximate surface area is 138 Å². The van der Waals surface area contributed by atoms with Crippen LogP contribution in [0.1, 0.15) is 44.4 Å². The van der Waals surface area contributed by atoms with E-state index in [1.807, 2.05) is 0 Å². The zero-order valence-corrected chi connectivity index (χ0v) is 13.7. The van der Waals surface area contributed by atoms with Crippen molar-refractivity contribution in [2.75, 3.05) is 0 Å². The third-order valence-corrected chi connectivity index (χ3v) is 2.61. The molecule has 1 aromatic rings. The highest BCUT2D eigenvalue weighted by Gasteiger charge is 2.33. The quantitative estimate of drug-likeness (QED) is 0.791. The van der Waals surface area contributed by atoms with Crippen molar-refractivity contribution in [2.45, 2.75) is 45.5 Å². The van der Waals surface area contributed by atoms with Gasteiger partial charge in [-0.2, -0.15) is 18.4 Å². The van der Waals surface area contributed by atoms with E-state index in [1.165, 1.54) is 12.1 Å². The maximum Gasteiger partial charge on any atom is 0.417 e. The van der Waals surface area contributed by atoms with Gasteiger partial charge in [0.25, 0.3) is 0 Å². The Hall–Kier alpha value is -2.67. The van der Waals surface area contributed by atoms with Crippen LogP contribution in [0.5, 0.6) is 0 Å². The SMILES string of the molecule is CC(C#Cc1ccc(C#N)c(C(F)(F)F)c1)NC(=O)OC(C)(C)C. The number of alkyl carbamates (subject to hydrolysis) is 1. The van der Waals surface area contributed by atoms with Crippen molar-refractivity contribution in [1.82, 2.24) is 5.32 Å². The van der Waals surface area contributed by atoms with E-state index in [9.17, 15) is 18.0 Å². The summed E-state index contributed by atoms with van der Waals surface area (Å²) in [7, 11) is 0. The number of nitriles is 1. The monoisotopic (exact) mass is 338 g/mol. The molecule has 0 aliphatic carbocycles. The van der Waals surface area contributed by atoms with Gasteiger partial charge in [0, 0.05) is 5.56 Å². The van der Waals surface area contributed by atoms with Crippen molar-refractivity contribution in [3.8, 4) is 17.9 Å². The Bertz CT molecular complexity index is 717. The molecule has 0 saturated heterocycles. The Morgan fingerprint density at radius 3 is 2.42 bits per heavy atom. The van der Waals surface area contributed by atoms with Gasteiger partial charge in [0.05, 0.1) is 23.2 Å². The van der Waals surface area contributed by atoms with Gasteiger partial charge in [0.2, 0.25) is 0 Å². The number of benzene rings is 1. The number of ether oxygens (including phenoxy) is 1. The van der Waals surface area contributed by atoms with Crippen LogP contribution >= 0.6 is 0 Å². The zero-order chi connectivity index (χ0) is 18.5. The molecule has 0 heterocycles. The second-order valence-corrected chi connectivity index (χ2v) is 6.01. The number of amides is 1. The molecule has 0 radical (unpaired) electrons. The zero-order valence-electron chi connectivity index (χ0n) is 13.7. The second-order valence-electron chi connectivity index (χ2n) is 6.01. The lowest BCUT2D eigenvalue weighted by Crippen LogP contribution is -2.37. The van der Waals surface area contributed by atoms with Crippen LogP contribution in [0.2, 0.25) is 0 Å². The lowest BCUT2D eigenvalue weighted by Gasteiger charge is -2.20. The standard InChI is InChI=1S/C17H17F3N2O2/c1-11(22-15(23)24-16(2,3)4)5-6-12-7-8-13(10-21)14(9-12)17(18,19)20/h7-9,11H,1-4H3,(H,22,23). The molecule has 0 spiro atoms. The molecule has 0 fully saturated rings. The smallest absolute Gasteiger partial charge is 0.417 e. The van der Waals surface area contributed by atoms with Gasteiger partial charge in [0.15, 0.2) is 0 Å². The number of halogens is 3. The third-order valence-electron chi connectivity index (χ3n) is 2.61. The molecule has 0 bridgehead atoms. The van der Waals surface area contributed by atoms with E-state index in [2.05, 4.69) is 17.2 Å². The lowest BCUT2D eigenvalue weighted by molar-refractivity contribution is -0.137. The van der Waals surface area contributed by atoms with Crippen LogP contribution in [0.15, 0.2) is 18.2 Å². The average molecular weight is 338 g/mol. The van der Waals surface area contributed by atoms with Crippen LogP contribution < -0.4 is 5.32 Å². The van der Waals surface area contributed by atoms with Crippen LogP contribution in [0, 0.1) is 23.2 Å². The minimum absolute atomic E-state index is 0.0964. The molecule has 7 heteroatoms. The predicted octanol–water partition coefficient (Wildman–Crippen LogP) is 3.84. The van der Waals surface area contributed by atoms with Gasteiger partial charge in [0.1, 0.15) is 5.60 Å². The largest absolute Gasteiger partial charge is 0.444 e. The van der Waals surface area contributed by atoms with Crippen LogP contribution in [-0.4, -0.2) is 17.7 Å². The molecule has 0 aliphatic rings. The number of hydrogen-bond acceptors (Lipinski definition) is 3. The van der Waals surface area contributed by atoms with E-state index in [0.29, 0.717) is 0 Å². The van der Waals surface area contributed by atoms with Crippen LogP contribution in [0.4, 0.5) is 18.0 Å². The number of nitrogens with one attached hydrogen (secondary N) is 1. The van der Waals surface area contributed by atoms with Crippen molar-refractivity contribution < 1.29 is 22.7 Å². The fraction of sp³-hybridized carbons (Fsp3) is 0.412. The summed E-state index contributed by atoms with van der Waals surface area (Å²) in [5.41, 5.74) is -2.07. The lowest BCUT2D eigenvalue weighted by atomic mass is 10.0. The molecular formula is C17H17F3N2O2. The number of alkyl halides is 3. The van der Waals surface area contributed by atoms with Gasteiger partial charge in [-0.3, -0.25) is 0 Å². The first-order valence-electron chi connectivity index (χ1n) is 7.05. The Kier molecular flexibility index (Phi) is 5.87. The van der Waals surface area contributed by atoms with Crippen molar-refractivity contribution in [3.05, 3.63) is 34.9 Å². The Morgan fingerprint density at radius 2 is 1.92 bits per heavy atom. The number of carbonyl (C=O) groups excluding carboxylic acids is 1. The summed E-state index contributed by atoms with van der Waals surface area (Å²) in [6, 6.07) is 4.08. The van der Waals surface area contributed by atoms with E-state index in [1.54, 1.807) is 27.7 Å². The molecule has 0 saturated carbocycles. The molecular weight excluding hydrogens is 321 g/mol. The van der Waals surface area contributed by atoms with E-state index in [-0.39, 0.29) is 5.56 Å². The maximum atomic E-state index is 12.9. The molecule has 0 aromatic heterocycles. The summed E-state index contributed by atoms with van der Waals surface area (Å²) < 4.78 is 43.7. The first-order valence-corrected chi connectivity index (χ1v) is 7.05. The van der Waals surface area contributed by atoms with Gasteiger partial charge in [-0.05, 0) is 45.9 Å². The highest BCUT2D eigenvalue weighted by molar-refractivity contribution is 5.68. The third kappa shape index (κ3) is 6.21. The molecule has 1 amide bonds. The van der Waals surface area contributed by atoms with Crippen molar-refractivity contribution in [3.63, 3.8) is 0 Å². The molecule has 1 aromatic carbocycles. The van der Waals surface area contributed by atoms with Crippen molar-refractivity contribution in [1.29, 1.82) is 5.26 Å². The fourth-order valence-corrected chi connectivity index (χ4v) is 1.67. The minimum atomic E-state index is -4.64. The van der Waals surface area contributed by atoms with E-state index in [0.717, 1.165) is 12.1 Å². The number of nitrogens with zero attached hydrogens (tertiary/aromatic N) is 1. The first-order chi connectivity index (χ1) is 10.9. The van der Waals surface area contributed by atoms with Gasteiger partial charge in [-0.25, -0.2) is 4.79 Å². The van der Waals surface area contributed by atoms with E-state index < -0.39 is 35.0 Å². The molecule has 128 valence electrons. The fourth-order valence-electron chi connectivity index (χ4n) is 1.67. The summed E-state index contributed by atoms with van der Waals surface area (Å²) in [4.78, 5) is 11.6. The Balaban J connectivity index is 2.90. The van der Waals surface area contributed by atoms with Gasteiger partial charge >= 0.3 is 12.3 Å². The van der Waals surface area contributed by atoms with Gasteiger partial charge in [-0.15, -0.1) is 0 Å². The normalized spacial score (nSPS) is 12.4. The van der Waals surface area contributed by atoms with Gasteiger partial charge in [-0.1, -0.05) is 11.8 Å². The summed E-state index contributed by atoms with van der Waals surface area (Å²) in [5.74, 6) is 5.17. The summed E-state index contributed by atoms with van der Waals surface area (Å²) >= 11 is 0. The maximum absolute atomic E-state index is 12.9. The number of carbonyl (C=O) groups is 1. The van der Waals surface area contributed by atoms with E-state index in [4.69, 9.17) is 10.00 Å². The molecule has 24 heavy (non-hydrogen) atoms. The van der Waals surface area contributed by atoms with Crippen molar-refractivity contribution in [2.24, 2.45) is 0 Å². The molecule has 1 unspecified atom stereocenters. The van der Waals surface area contributed by atoms with Crippen LogP contribution in [0.3, 0.4) is 0 Å². The first kappa shape index (κ1) is 19.4. The number of hydrogen-bond donors (Lipinski definition) is 1. The molecule has 1 atom stereocenters. The molecule has 0 aliphatic heterocycles. The highest BCUT2D eigenvalue weighted by Crippen LogP contribution is 2.32. The summed E-state index contributed by atoms with van der Waals surface area (Å²) in [5, 5.41) is 11.2. The molecule has 1 N–H and O–H groups in total. The average Bonchev–Trinajstić information content (AvgIpc) is 2.41. The van der Waals surface area contributed by atoms with E-state index >= 15 is 0 Å². The summed E-state index contributed by atoms with van der Waals surface area (Å²) in [6.45, 7) is 6.69. The van der Waals surface area contributed by atoms with Gasteiger partial charge < -0.3 is 10.1 Å². The van der Waals surface area contributed by atoms with Crippen molar-refractivity contribution >= 4 is 6.09 Å². The topological polar surface area (TPSA) is 62.1 Å². The predicted molar refractivity (Wildman–Crippen MR) is 81.9 cm³/mol. The molecule has 4 nitrogen and oxygen atoms in total. The summed E-state index contributed by atoms with van der Waals surface area (Å²) in [6.07, 6.45) is -5.30. The highest BCUT2D eigenvalue weighted by atomic mass is 19.4. The molecule has 1 rings (SSSR count). The number of rotatable bonds is 1. The minimum Gasteiger partial charge on any atom is -0.444 e. The Morgan fingerprint density at radius 1 is 1.29 bits per heavy atom. The van der Waals surface area contributed by atoms with Crippen LogP contribution in [0.25, 0.3) is 0 Å². The van der Waals surface area contributed by atoms with Crippen LogP contribution in [-0.2, 0) is 10.9 Å².